The van der Waals surface area contributed by atoms with Crippen molar-refractivity contribution in [1.29, 1.82) is 5.26 Å². The molecule has 1 amide bonds. The van der Waals surface area contributed by atoms with Gasteiger partial charge in [-0.1, -0.05) is 0 Å². The molecule has 2 rings (SSSR count). The second-order valence-corrected chi connectivity index (χ2v) is 5.38. The summed E-state index contributed by atoms with van der Waals surface area (Å²) < 4.78 is 0. The number of amides is 1. The maximum absolute atomic E-state index is 12.0. The van der Waals surface area contributed by atoms with Crippen LogP contribution in [0.25, 0.3) is 0 Å². The highest BCUT2D eigenvalue weighted by atomic mass is 16.1. The zero-order valence-corrected chi connectivity index (χ0v) is 12.4. The number of nitriles is 1. The molecule has 2 N–H and O–H groups in total. The van der Waals surface area contributed by atoms with Gasteiger partial charge in [0.2, 0.25) is 5.91 Å². The van der Waals surface area contributed by atoms with E-state index in [1.807, 2.05) is 7.05 Å². The molecule has 1 aliphatic rings. The minimum absolute atomic E-state index is 0.0230. The van der Waals surface area contributed by atoms with Crippen molar-refractivity contribution in [2.24, 2.45) is 0 Å². The Balaban J connectivity index is 1.77. The van der Waals surface area contributed by atoms with Gasteiger partial charge in [-0.15, -0.1) is 0 Å². The third-order valence-corrected chi connectivity index (χ3v) is 3.86. The molecule has 1 unspecified atom stereocenters. The first-order chi connectivity index (χ1) is 10.2. The first-order valence-corrected chi connectivity index (χ1v) is 7.41. The highest BCUT2D eigenvalue weighted by molar-refractivity contribution is 5.90. The molecule has 1 heterocycles. The molecule has 1 fully saturated rings. The van der Waals surface area contributed by atoms with Crippen LogP contribution < -0.4 is 10.6 Å². The summed E-state index contributed by atoms with van der Waals surface area (Å²) >= 11 is 0. The van der Waals surface area contributed by atoms with Crippen LogP contribution in [0.15, 0.2) is 24.3 Å². The minimum Gasteiger partial charge on any atom is -0.326 e. The van der Waals surface area contributed by atoms with Gasteiger partial charge in [-0.2, -0.15) is 5.26 Å². The van der Waals surface area contributed by atoms with E-state index in [-0.39, 0.29) is 5.91 Å². The van der Waals surface area contributed by atoms with Gasteiger partial charge >= 0.3 is 0 Å². The van der Waals surface area contributed by atoms with Gasteiger partial charge in [0.15, 0.2) is 0 Å². The predicted octanol–water partition coefficient (Wildman–Crippen LogP) is 1.57. The molecule has 1 aliphatic heterocycles. The zero-order chi connectivity index (χ0) is 15.1. The van der Waals surface area contributed by atoms with Crippen molar-refractivity contribution >= 4 is 11.6 Å². The molecular formula is C16H22N4O. The van der Waals surface area contributed by atoms with E-state index in [0.29, 0.717) is 18.0 Å². The maximum atomic E-state index is 12.0. The lowest BCUT2D eigenvalue weighted by Gasteiger charge is -2.23. The number of hydrogen-bond donors (Lipinski definition) is 2. The van der Waals surface area contributed by atoms with Crippen LogP contribution in [-0.4, -0.2) is 43.5 Å². The van der Waals surface area contributed by atoms with E-state index in [0.717, 1.165) is 25.3 Å². The molecule has 1 aromatic rings. The molecule has 0 saturated carbocycles. The van der Waals surface area contributed by atoms with E-state index in [1.165, 1.54) is 12.8 Å². The van der Waals surface area contributed by atoms with Crippen LogP contribution in [0.3, 0.4) is 0 Å². The average Bonchev–Trinajstić information content (AvgIpc) is 2.94. The van der Waals surface area contributed by atoms with E-state index in [4.69, 9.17) is 5.26 Å². The topological polar surface area (TPSA) is 68.2 Å². The summed E-state index contributed by atoms with van der Waals surface area (Å²) in [6.07, 6.45) is 2.92. The van der Waals surface area contributed by atoms with Crippen molar-refractivity contribution in [3.05, 3.63) is 29.8 Å². The molecule has 1 aromatic carbocycles. The second kappa shape index (κ2) is 7.77. The van der Waals surface area contributed by atoms with E-state index in [1.54, 1.807) is 24.3 Å². The Labute approximate surface area is 125 Å². The highest BCUT2D eigenvalue weighted by Crippen LogP contribution is 2.17. The molecule has 112 valence electrons. The Morgan fingerprint density at radius 2 is 2.19 bits per heavy atom. The zero-order valence-electron chi connectivity index (χ0n) is 12.4. The lowest BCUT2D eigenvalue weighted by Crippen LogP contribution is -2.38. The summed E-state index contributed by atoms with van der Waals surface area (Å²) in [5, 5.41) is 14.8. The summed E-state index contributed by atoms with van der Waals surface area (Å²) in [4.78, 5) is 14.4. The highest BCUT2D eigenvalue weighted by Gasteiger charge is 2.23. The summed E-state index contributed by atoms with van der Waals surface area (Å²) in [5.74, 6) is 0.0230. The van der Waals surface area contributed by atoms with Gasteiger partial charge in [0.1, 0.15) is 0 Å². The maximum Gasteiger partial charge on any atom is 0.225 e. The monoisotopic (exact) mass is 286 g/mol. The summed E-state index contributed by atoms with van der Waals surface area (Å²) in [6.45, 7) is 2.86. The Bertz CT molecular complexity index is 506. The minimum atomic E-state index is 0.0230. The molecule has 0 bridgehead atoms. The molecule has 0 aromatic heterocycles. The van der Waals surface area contributed by atoms with Crippen molar-refractivity contribution in [1.82, 2.24) is 10.2 Å². The number of likely N-dealkylation sites (tertiary alicyclic amines) is 1. The first kappa shape index (κ1) is 15.5. The molecule has 0 aliphatic carbocycles. The van der Waals surface area contributed by atoms with Crippen molar-refractivity contribution in [3.8, 4) is 6.07 Å². The number of hydrogen-bond acceptors (Lipinski definition) is 4. The quantitative estimate of drug-likeness (QED) is 0.833. The van der Waals surface area contributed by atoms with E-state index < -0.39 is 0 Å². The first-order valence-electron chi connectivity index (χ1n) is 7.41. The third kappa shape index (κ3) is 4.55. The van der Waals surface area contributed by atoms with Crippen molar-refractivity contribution < 1.29 is 4.79 Å². The summed E-state index contributed by atoms with van der Waals surface area (Å²) in [7, 11) is 1.97. The smallest absolute Gasteiger partial charge is 0.225 e. The number of nitrogens with zero attached hydrogens (tertiary/aromatic N) is 2. The van der Waals surface area contributed by atoms with Crippen molar-refractivity contribution in [2.75, 3.05) is 32.0 Å². The second-order valence-electron chi connectivity index (χ2n) is 5.38. The Morgan fingerprint density at radius 1 is 1.43 bits per heavy atom. The fourth-order valence-corrected chi connectivity index (χ4v) is 2.75. The Morgan fingerprint density at radius 3 is 2.86 bits per heavy atom. The van der Waals surface area contributed by atoms with Crippen LogP contribution in [-0.2, 0) is 4.79 Å². The number of rotatable bonds is 6. The van der Waals surface area contributed by atoms with Gasteiger partial charge in [0.05, 0.1) is 11.6 Å². The molecule has 21 heavy (non-hydrogen) atoms. The normalized spacial score (nSPS) is 18.4. The molecule has 0 radical (unpaired) electrons. The van der Waals surface area contributed by atoms with Crippen LogP contribution in [0.1, 0.15) is 24.8 Å². The number of likely N-dealkylation sites (N-methyl/N-ethyl adjacent to an activating group) is 1. The van der Waals surface area contributed by atoms with E-state index in [2.05, 4.69) is 21.6 Å². The van der Waals surface area contributed by atoms with Crippen LogP contribution in [0, 0.1) is 11.3 Å². The fourth-order valence-electron chi connectivity index (χ4n) is 2.75. The Hall–Kier alpha value is -1.90. The SMILES string of the molecule is CNCC1CCCN1CCC(=O)Nc1ccc(C#N)cc1. The standard InChI is InChI=1S/C16H22N4O/c1-18-12-15-3-2-9-20(15)10-8-16(21)19-14-6-4-13(11-17)5-7-14/h4-7,15,18H,2-3,8-10,12H2,1H3,(H,19,21). The number of nitrogens with one attached hydrogen (secondary N) is 2. The van der Waals surface area contributed by atoms with Crippen LogP contribution in [0.4, 0.5) is 5.69 Å². The van der Waals surface area contributed by atoms with Gasteiger partial charge in [-0.3, -0.25) is 9.69 Å². The van der Waals surface area contributed by atoms with Gasteiger partial charge < -0.3 is 10.6 Å². The van der Waals surface area contributed by atoms with Gasteiger partial charge in [0.25, 0.3) is 0 Å². The average molecular weight is 286 g/mol. The fraction of sp³-hybridized carbons (Fsp3) is 0.500. The molecule has 0 spiro atoms. The van der Waals surface area contributed by atoms with Gasteiger partial charge in [-0.25, -0.2) is 0 Å². The predicted molar refractivity (Wildman–Crippen MR) is 82.9 cm³/mol. The largest absolute Gasteiger partial charge is 0.326 e. The number of anilines is 1. The number of carbonyl (C=O) groups excluding carboxylic acids is 1. The van der Waals surface area contributed by atoms with Crippen molar-refractivity contribution in [2.45, 2.75) is 25.3 Å². The molecular weight excluding hydrogens is 264 g/mol. The van der Waals surface area contributed by atoms with Crippen LogP contribution in [0.5, 0.6) is 0 Å². The Kier molecular flexibility index (Phi) is 5.73. The van der Waals surface area contributed by atoms with E-state index in [9.17, 15) is 4.79 Å². The molecule has 1 saturated heterocycles. The lowest BCUT2D eigenvalue weighted by molar-refractivity contribution is -0.116. The van der Waals surface area contributed by atoms with Crippen molar-refractivity contribution in [3.63, 3.8) is 0 Å². The van der Waals surface area contributed by atoms with E-state index >= 15 is 0 Å². The van der Waals surface area contributed by atoms with Gasteiger partial charge in [0, 0.05) is 31.2 Å². The third-order valence-electron chi connectivity index (χ3n) is 3.86. The summed E-state index contributed by atoms with van der Waals surface area (Å²) in [5.41, 5.74) is 1.34. The van der Waals surface area contributed by atoms with Gasteiger partial charge in [-0.05, 0) is 50.7 Å². The lowest BCUT2D eigenvalue weighted by atomic mass is 10.2. The molecule has 1 atom stereocenters. The number of carbonyl (C=O) groups is 1. The molecule has 5 nitrogen and oxygen atoms in total. The molecule has 5 heteroatoms. The summed E-state index contributed by atoms with van der Waals surface area (Å²) in [6, 6.07) is 9.55. The van der Waals surface area contributed by atoms with Crippen LogP contribution in [0.2, 0.25) is 0 Å². The number of benzene rings is 1. The van der Waals surface area contributed by atoms with Crippen LogP contribution >= 0.6 is 0 Å².